The van der Waals surface area contributed by atoms with Gasteiger partial charge in [0, 0.05) is 49.8 Å². The van der Waals surface area contributed by atoms with Gasteiger partial charge in [0.2, 0.25) is 0 Å². The second-order valence-electron chi connectivity index (χ2n) is 7.52. The number of amides is 2. The first-order valence-electron chi connectivity index (χ1n) is 10.6. The Morgan fingerprint density at radius 2 is 2.00 bits per heavy atom. The van der Waals surface area contributed by atoms with Crippen LogP contribution in [0.2, 0.25) is 10.0 Å². The van der Waals surface area contributed by atoms with Crippen LogP contribution < -0.4 is 15.4 Å². The number of carbonyl (C=O) groups excluding carboxylic acids is 1. The van der Waals surface area contributed by atoms with Gasteiger partial charge in [-0.2, -0.15) is 0 Å². The summed E-state index contributed by atoms with van der Waals surface area (Å²) in [5.41, 5.74) is 0.795. The van der Waals surface area contributed by atoms with Gasteiger partial charge in [0.05, 0.1) is 35.1 Å². The topological polar surface area (TPSA) is 75.7 Å². The number of hydrogen-bond acceptors (Lipinski definition) is 6. The van der Waals surface area contributed by atoms with Gasteiger partial charge in [-0.05, 0) is 17.7 Å². The molecule has 0 aliphatic carbocycles. The molecule has 2 aromatic carbocycles. The fourth-order valence-electron chi connectivity index (χ4n) is 3.45. The number of morpholine rings is 1. The van der Waals surface area contributed by atoms with Crippen LogP contribution in [0.25, 0.3) is 10.2 Å². The molecule has 0 saturated carbocycles. The molecule has 4 rings (SSSR count). The quantitative estimate of drug-likeness (QED) is 0.402. The normalized spacial score (nSPS) is 14.4. The zero-order valence-electron chi connectivity index (χ0n) is 18.0. The molecule has 0 spiro atoms. The largest absolute Gasteiger partial charge is 0.490 e. The summed E-state index contributed by atoms with van der Waals surface area (Å²) >= 11 is 13.2. The lowest BCUT2D eigenvalue weighted by Gasteiger charge is -2.26. The average Bonchev–Trinajstić information content (AvgIpc) is 3.20. The van der Waals surface area contributed by atoms with E-state index >= 15 is 0 Å². The maximum Gasteiger partial charge on any atom is 0.321 e. The Morgan fingerprint density at radius 1 is 1.21 bits per heavy atom. The summed E-state index contributed by atoms with van der Waals surface area (Å²) in [4.78, 5) is 18.6. The van der Waals surface area contributed by atoms with Crippen molar-refractivity contribution in [3.8, 4) is 5.75 Å². The summed E-state index contributed by atoms with van der Waals surface area (Å²) in [7, 11) is 0. The molecule has 3 aromatic rings. The van der Waals surface area contributed by atoms with E-state index in [0.717, 1.165) is 19.6 Å². The Hall–Kier alpha value is -2.24. The van der Waals surface area contributed by atoms with Crippen LogP contribution in [0, 0.1) is 11.6 Å². The number of hydrogen-bond donors (Lipinski definition) is 2. The molecule has 2 N–H and O–H groups in total. The van der Waals surface area contributed by atoms with E-state index < -0.39 is 11.6 Å². The van der Waals surface area contributed by atoms with Gasteiger partial charge < -0.3 is 14.8 Å². The molecule has 1 aromatic heterocycles. The Morgan fingerprint density at radius 3 is 2.79 bits per heavy atom. The highest BCUT2D eigenvalue weighted by atomic mass is 35.5. The smallest absolute Gasteiger partial charge is 0.321 e. The fourth-order valence-corrected chi connectivity index (χ4v) is 4.88. The van der Waals surface area contributed by atoms with Crippen LogP contribution in [0.15, 0.2) is 24.3 Å². The van der Waals surface area contributed by atoms with E-state index in [2.05, 4.69) is 20.5 Å². The molecule has 1 saturated heterocycles. The summed E-state index contributed by atoms with van der Waals surface area (Å²) in [6.45, 7) is 4.36. The molecule has 0 bridgehead atoms. The highest BCUT2D eigenvalue weighted by Crippen LogP contribution is 2.32. The van der Waals surface area contributed by atoms with Gasteiger partial charge in [-0.1, -0.05) is 34.5 Å². The molecule has 2 heterocycles. The molecular weight excluding hydrogens is 509 g/mol. The molecule has 182 valence electrons. The van der Waals surface area contributed by atoms with E-state index in [4.69, 9.17) is 32.7 Å². The third-order valence-electron chi connectivity index (χ3n) is 5.23. The summed E-state index contributed by atoms with van der Waals surface area (Å²) in [5, 5.41) is 6.04. The van der Waals surface area contributed by atoms with Crippen molar-refractivity contribution < 1.29 is 23.0 Å². The number of halogens is 4. The molecule has 12 heteroatoms. The molecular formula is C22H22Cl2F2N4O3S. The predicted octanol–water partition coefficient (Wildman–Crippen LogP) is 4.96. The van der Waals surface area contributed by atoms with Crippen molar-refractivity contribution in [2.75, 3.05) is 51.3 Å². The second kappa shape index (κ2) is 11.5. The van der Waals surface area contributed by atoms with Crippen molar-refractivity contribution in [3.05, 3.63) is 51.5 Å². The minimum Gasteiger partial charge on any atom is -0.490 e. The summed E-state index contributed by atoms with van der Waals surface area (Å²) in [6.07, 6.45) is 0.201. The van der Waals surface area contributed by atoms with Crippen LogP contribution in [-0.4, -0.2) is 61.9 Å². The van der Waals surface area contributed by atoms with Crippen LogP contribution in [0.1, 0.15) is 5.56 Å². The van der Waals surface area contributed by atoms with E-state index in [1.54, 1.807) is 0 Å². The third-order valence-corrected chi connectivity index (χ3v) is 6.92. The number of ether oxygens (including phenoxy) is 2. The Kier molecular flexibility index (Phi) is 8.38. The van der Waals surface area contributed by atoms with E-state index in [-0.39, 0.29) is 29.8 Å². The van der Waals surface area contributed by atoms with Gasteiger partial charge in [0.25, 0.3) is 0 Å². The molecule has 0 radical (unpaired) electrons. The van der Waals surface area contributed by atoms with Crippen LogP contribution >= 0.6 is 34.5 Å². The number of nitrogens with zero attached hydrogens (tertiary/aromatic N) is 2. The average molecular weight is 531 g/mol. The van der Waals surface area contributed by atoms with Gasteiger partial charge in [0.1, 0.15) is 5.82 Å². The number of anilines is 1. The number of benzene rings is 2. The fraction of sp³-hybridized carbons (Fsp3) is 0.364. The second-order valence-corrected chi connectivity index (χ2v) is 9.34. The lowest BCUT2D eigenvalue weighted by molar-refractivity contribution is 0.0388. The highest BCUT2D eigenvalue weighted by molar-refractivity contribution is 7.22. The standard InChI is InChI=1S/C22H22Cl2F2N4O3S/c23-14-1-2-15(25)20(24)13(14)3-8-33-18-12-19-17(11-16(18)26)28-22(34-19)29-21(31)27-4-5-30-6-9-32-10-7-30/h1-2,11-12H,3-10H2,(H2,27,28,29,31). The van der Waals surface area contributed by atoms with Gasteiger partial charge in [-0.25, -0.2) is 18.6 Å². The Bertz CT molecular complexity index is 1170. The van der Waals surface area contributed by atoms with Gasteiger partial charge in [-0.15, -0.1) is 0 Å². The van der Waals surface area contributed by atoms with Crippen molar-refractivity contribution in [1.82, 2.24) is 15.2 Å². The van der Waals surface area contributed by atoms with Gasteiger partial charge in [-0.3, -0.25) is 10.2 Å². The minimum atomic E-state index is -0.601. The zero-order chi connectivity index (χ0) is 24.1. The van der Waals surface area contributed by atoms with Crippen molar-refractivity contribution in [2.24, 2.45) is 0 Å². The number of fused-ring (bicyclic) bond motifs is 1. The first kappa shape index (κ1) is 24.9. The minimum absolute atomic E-state index is 0.0151. The first-order chi connectivity index (χ1) is 16.4. The maximum atomic E-state index is 14.5. The lowest BCUT2D eigenvalue weighted by Crippen LogP contribution is -2.42. The molecule has 0 unspecified atom stereocenters. The number of urea groups is 1. The molecule has 0 atom stereocenters. The molecule has 1 aliphatic heterocycles. The van der Waals surface area contributed by atoms with Crippen LogP contribution in [0.3, 0.4) is 0 Å². The van der Waals surface area contributed by atoms with E-state index in [9.17, 15) is 13.6 Å². The third kappa shape index (κ3) is 6.25. The number of aromatic nitrogens is 1. The number of thiazole rings is 1. The van der Waals surface area contributed by atoms with Crippen molar-refractivity contribution >= 4 is 55.9 Å². The number of rotatable bonds is 8. The molecule has 1 fully saturated rings. The van der Waals surface area contributed by atoms with Crippen LogP contribution in [-0.2, 0) is 11.2 Å². The van der Waals surface area contributed by atoms with Gasteiger partial charge in [0.15, 0.2) is 16.7 Å². The van der Waals surface area contributed by atoms with Crippen molar-refractivity contribution in [3.63, 3.8) is 0 Å². The molecule has 7 nitrogen and oxygen atoms in total. The zero-order valence-corrected chi connectivity index (χ0v) is 20.3. The lowest BCUT2D eigenvalue weighted by atomic mass is 10.1. The van der Waals surface area contributed by atoms with E-state index in [0.29, 0.717) is 45.7 Å². The summed E-state index contributed by atoms with van der Waals surface area (Å²) in [5.74, 6) is -1.17. The molecule has 34 heavy (non-hydrogen) atoms. The predicted molar refractivity (Wildman–Crippen MR) is 129 cm³/mol. The van der Waals surface area contributed by atoms with E-state index in [1.165, 1.54) is 35.6 Å². The van der Waals surface area contributed by atoms with Crippen LogP contribution in [0.5, 0.6) is 5.75 Å². The molecule has 1 aliphatic rings. The monoisotopic (exact) mass is 530 g/mol. The first-order valence-corrected chi connectivity index (χ1v) is 12.2. The number of carbonyl (C=O) groups is 1. The Balaban J connectivity index is 1.32. The Labute approximate surface area is 208 Å². The van der Waals surface area contributed by atoms with Crippen LogP contribution in [0.4, 0.5) is 18.7 Å². The SMILES string of the molecule is O=C(NCCN1CCOCC1)Nc1nc2cc(F)c(OCCc3c(Cl)ccc(F)c3Cl)cc2s1. The van der Waals surface area contributed by atoms with Crippen molar-refractivity contribution in [1.29, 1.82) is 0 Å². The van der Waals surface area contributed by atoms with Gasteiger partial charge >= 0.3 is 6.03 Å². The molecule has 2 amide bonds. The van der Waals surface area contributed by atoms with Crippen molar-refractivity contribution in [2.45, 2.75) is 6.42 Å². The summed E-state index contributed by atoms with van der Waals surface area (Å²) in [6, 6.07) is 4.97. The number of nitrogens with one attached hydrogen (secondary N) is 2. The maximum absolute atomic E-state index is 14.5. The highest BCUT2D eigenvalue weighted by Gasteiger charge is 2.15. The van der Waals surface area contributed by atoms with E-state index in [1.807, 2.05) is 0 Å². The summed E-state index contributed by atoms with van der Waals surface area (Å²) < 4.78 is 39.6.